The molecular weight excluding hydrogens is 294 g/mol. The van der Waals surface area contributed by atoms with Crippen molar-refractivity contribution in [2.24, 2.45) is 0 Å². The highest BCUT2D eigenvalue weighted by Crippen LogP contribution is 2.35. The van der Waals surface area contributed by atoms with Gasteiger partial charge in [0.05, 0.1) is 10.7 Å². The fourth-order valence-electron chi connectivity index (χ4n) is 3.05. The molecule has 0 aliphatic carbocycles. The van der Waals surface area contributed by atoms with Crippen LogP contribution in [0.3, 0.4) is 0 Å². The van der Waals surface area contributed by atoms with Crippen molar-refractivity contribution in [3.05, 3.63) is 52.5 Å². The van der Waals surface area contributed by atoms with Gasteiger partial charge in [0.2, 0.25) is 0 Å². The van der Waals surface area contributed by atoms with Crippen LogP contribution in [-0.4, -0.2) is 26.2 Å². The van der Waals surface area contributed by atoms with E-state index in [2.05, 4.69) is 53.1 Å². The largest absolute Gasteiger partial charge is 0.397 e. The number of rotatable bonds is 2. The first-order valence-electron chi connectivity index (χ1n) is 7.68. The van der Waals surface area contributed by atoms with Crippen molar-refractivity contribution in [1.82, 2.24) is 0 Å². The molecule has 2 aromatic rings. The summed E-state index contributed by atoms with van der Waals surface area (Å²) >= 11 is 6.37. The van der Waals surface area contributed by atoms with Crippen LogP contribution in [0.5, 0.6) is 0 Å². The Kier molecular flexibility index (Phi) is 4.16. The highest BCUT2D eigenvalue weighted by Gasteiger charge is 2.20. The Morgan fingerprint density at radius 2 is 1.55 bits per heavy atom. The number of nitrogen functional groups attached to an aromatic ring is 1. The summed E-state index contributed by atoms with van der Waals surface area (Å²) in [5.41, 5.74) is 11.4. The smallest absolute Gasteiger partial charge is 0.0687 e. The van der Waals surface area contributed by atoms with Crippen molar-refractivity contribution in [3.8, 4) is 0 Å². The average Bonchev–Trinajstić information content (AvgIpc) is 2.57. The predicted molar refractivity (Wildman–Crippen MR) is 96.2 cm³/mol. The summed E-state index contributed by atoms with van der Waals surface area (Å²) in [5, 5.41) is 0.695. The number of nitrogens with two attached hydrogens (primary N) is 1. The van der Waals surface area contributed by atoms with Crippen LogP contribution in [0.4, 0.5) is 17.1 Å². The quantitative estimate of drug-likeness (QED) is 0.854. The zero-order valence-corrected chi connectivity index (χ0v) is 13.9. The number of para-hydroxylation sites is 1. The first-order chi connectivity index (χ1) is 10.6. The lowest BCUT2D eigenvalue weighted by molar-refractivity contribution is 0.652. The predicted octanol–water partition coefficient (Wildman–Crippen LogP) is 3.87. The first-order valence-corrected chi connectivity index (χ1v) is 8.06. The van der Waals surface area contributed by atoms with E-state index < -0.39 is 0 Å². The van der Waals surface area contributed by atoms with Crippen LogP contribution in [0.25, 0.3) is 0 Å². The summed E-state index contributed by atoms with van der Waals surface area (Å²) in [5.74, 6) is 0. The van der Waals surface area contributed by atoms with Crippen molar-refractivity contribution < 1.29 is 0 Å². The molecule has 1 heterocycles. The van der Waals surface area contributed by atoms with Gasteiger partial charge in [-0.3, -0.25) is 0 Å². The Bertz CT molecular complexity index is 662. The third-order valence-corrected chi connectivity index (χ3v) is 4.96. The fourth-order valence-corrected chi connectivity index (χ4v) is 3.30. The molecule has 0 radical (unpaired) electrons. The highest BCUT2D eigenvalue weighted by molar-refractivity contribution is 6.34. The number of piperazine rings is 1. The second-order valence-corrected chi connectivity index (χ2v) is 6.25. The van der Waals surface area contributed by atoms with Gasteiger partial charge in [0.1, 0.15) is 0 Å². The summed E-state index contributed by atoms with van der Waals surface area (Å²) < 4.78 is 0. The Balaban J connectivity index is 1.77. The van der Waals surface area contributed by atoms with Gasteiger partial charge in [0, 0.05) is 37.6 Å². The molecule has 3 rings (SSSR count). The molecule has 1 aliphatic heterocycles. The maximum absolute atomic E-state index is 6.37. The van der Waals surface area contributed by atoms with E-state index in [4.69, 9.17) is 17.3 Å². The SMILES string of the molecule is Cc1cc(N2CCN(c3ccccc3)CC2)c(C)c(Cl)c1N. The van der Waals surface area contributed by atoms with Gasteiger partial charge in [0.25, 0.3) is 0 Å². The van der Waals surface area contributed by atoms with Crippen LogP contribution < -0.4 is 15.5 Å². The van der Waals surface area contributed by atoms with E-state index in [1.807, 2.05) is 6.92 Å². The molecule has 116 valence electrons. The maximum Gasteiger partial charge on any atom is 0.0687 e. The molecule has 0 aromatic heterocycles. The van der Waals surface area contributed by atoms with Gasteiger partial charge < -0.3 is 15.5 Å². The number of nitrogens with zero attached hydrogens (tertiary/aromatic N) is 2. The maximum atomic E-state index is 6.37. The molecule has 22 heavy (non-hydrogen) atoms. The number of halogens is 1. The summed E-state index contributed by atoms with van der Waals surface area (Å²) in [6.45, 7) is 8.10. The summed E-state index contributed by atoms with van der Waals surface area (Å²) in [6.07, 6.45) is 0. The van der Waals surface area contributed by atoms with Crippen LogP contribution in [0, 0.1) is 13.8 Å². The zero-order chi connectivity index (χ0) is 15.7. The minimum Gasteiger partial charge on any atom is -0.397 e. The minimum atomic E-state index is 0.695. The van der Waals surface area contributed by atoms with Crippen LogP contribution in [0.2, 0.25) is 5.02 Å². The lowest BCUT2D eigenvalue weighted by Crippen LogP contribution is -2.46. The number of hydrogen-bond acceptors (Lipinski definition) is 3. The summed E-state index contributed by atoms with van der Waals surface area (Å²) in [7, 11) is 0. The Labute approximate surface area is 137 Å². The van der Waals surface area contributed by atoms with Gasteiger partial charge in [-0.05, 0) is 43.2 Å². The van der Waals surface area contributed by atoms with E-state index in [1.165, 1.54) is 11.4 Å². The fraction of sp³-hybridized carbons (Fsp3) is 0.333. The standard InChI is InChI=1S/C18H22ClN3/c1-13-12-16(14(2)17(19)18(13)20)22-10-8-21(9-11-22)15-6-4-3-5-7-15/h3-7,12H,8-11,20H2,1-2H3. The number of aryl methyl sites for hydroxylation is 1. The van der Waals surface area contributed by atoms with Gasteiger partial charge in [-0.25, -0.2) is 0 Å². The lowest BCUT2D eigenvalue weighted by Gasteiger charge is -2.38. The molecule has 2 N–H and O–H groups in total. The monoisotopic (exact) mass is 315 g/mol. The molecule has 1 aliphatic rings. The van der Waals surface area contributed by atoms with Crippen molar-refractivity contribution in [1.29, 1.82) is 0 Å². The van der Waals surface area contributed by atoms with Gasteiger partial charge in [-0.1, -0.05) is 29.8 Å². The topological polar surface area (TPSA) is 32.5 Å². The van der Waals surface area contributed by atoms with E-state index in [-0.39, 0.29) is 0 Å². The van der Waals surface area contributed by atoms with Crippen LogP contribution in [0.15, 0.2) is 36.4 Å². The normalized spacial score (nSPS) is 15.2. The third-order valence-electron chi connectivity index (χ3n) is 4.47. The van der Waals surface area contributed by atoms with Crippen molar-refractivity contribution in [2.45, 2.75) is 13.8 Å². The lowest BCUT2D eigenvalue weighted by atomic mass is 10.1. The average molecular weight is 316 g/mol. The summed E-state index contributed by atoms with van der Waals surface area (Å²) in [6, 6.07) is 12.7. The van der Waals surface area contributed by atoms with E-state index >= 15 is 0 Å². The zero-order valence-electron chi connectivity index (χ0n) is 13.1. The Morgan fingerprint density at radius 1 is 0.955 bits per heavy atom. The van der Waals surface area contributed by atoms with Crippen molar-refractivity contribution in [2.75, 3.05) is 41.7 Å². The second kappa shape index (κ2) is 6.09. The van der Waals surface area contributed by atoms with Gasteiger partial charge >= 0.3 is 0 Å². The second-order valence-electron chi connectivity index (χ2n) is 5.87. The first kappa shape index (κ1) is 15.0. The Hall–Kier alpha value is -1.87. The molecule has 2 aromatic carbocycles. The molecule has 0 unspecified atom stereocenters. The molecule has 0 saturated carbocycles. The molecular formula is C18H22ClN3. The van der Waals surface area contributed by atoms with E-state index in [0.717, 1.165) is 37.3 Å². The molecule has 0 amide bonds. The van der Waals surface area contributed by atoms with Crippen LogP contribution in [0.1, 0.15) is 11.1 Å². The number of benzene rings is 2. The van der Waals surface area contributed by atoms with Crippen molar-refractivity contribution in [3.63, 3.8) is 0 Å². The number of anilines is 3. The molecule has 1 saturated heterocycles. The highest BCUT2D eigenvalue weighted by atomic mass is 35.5. The molecule has 0 bridgehead atoms. The van der Waals surface area contributed by atoms with Gasteiger partial charge in [0.15, 0.2) is 0 Å². The van der Waals surface area contributed by atoms with E-state index in [0.29, 0.717) is 10.7 Å². The molecule has 3 nitrogen and oxygen atoms in total. The number of hydrogen-bond donors (Lipinski definition) is 1. The molecule has 0 spiro atoms. The van der Waals surface area contributed by atoms with Crippen LogP contribution in [-0.2, 0) is 0 Å². The van der Waals surface area contributed by atoms with Crippen molar-refractivity contribution >= 4 is 28.7 Å². The summed E-state index contributed by atoms with van der Waals surface area (Å²) in [4.78, 5) is 4.84. The van der Waals surface area contributed by atoms with Gasteiger partial charge in [-0.15, -0.1) is 0 Å². The van der Waals surface area contributed by atoms with Crippen LogP contribution >= 0.6 is 11.6 Å². The van der Waals surface area contributed by atoms with E-state index in [1.54, 1.807) is 0 Å². The Morgan fingerprint density at radius 3 is 2.18 bits per heavy atom. The molecule has 0 atom stereocenters. The molecule has 4 heteroatoms. The minimum absolute atomic E-state index is 0.695. The van der Waals surface area contributed by atoms with Gasteiger partial charge in [-0.2, -0.15) is 0 Å². The molecule has 1 fully saturated rings. The van der Waals surface area contributed by atoms with E-state index in [9.17, 15) is 0 Å². The third kappa shape index (κ3) is 2.73.